The maximum Gasteiger partial charge on any atom is 0.261 e. The molecule has 0 aliphatic heterocycles. The van der Waals surface area contributed by atoms with Crippen LogP contribution in [-0.4, -0.2) is 37.4 Å². The third-order valence-electron chi connectivity index (χ3n) is 1.71. The first-order chi connectivity index (χ1) is 7.00. The van der Waals surface area contributed by atoms with Crippen molar-refractivity contribution in [1.29, 1.82) is 0 Å². The molecule has 1 N–H and O–H groups in total. The first kappa shape index (κ1) is 12.1. The molecule has 0 radical (unpaired) electrons. The van der Waals surface area contributed by atoms with Gasteiger partial charge >= 0.3 is 0 Å². The van der Waals surface area contributed by atoms with Crippen LogP contribution in [0.3, 0.4) is 0 Å². The number of nitrogens with one attached hydrogen (secondary N) is 1. The quantitative estimate of drug-likeness (QED) is 0.775. The Bertz CT molecular complexity index is 374. The number of nitrogens with zero attached hydrogens (tertiary/aromatic N) is 1. The molecule has 0 aliphatic carbocycles. The molecule has 0 saturated carbocycles. The largest absolute Gasteiger partial charge is 0.347 e. The van der Waals surface area contributed by atoms with Gasteiger partial charge < -0.3 is 10.2 Å². The third-order valence-corrected chi connectivity index (χ3v) is 3.07. The maximum atomic E-state index is 11.5. The average molecular weight is 244 g/mol. The van der Waals surface area contributed by atoms with Crippen LogP contribution in [0.25, 0.3) is 0 Å². The second kappa shape index (κ2) is 5.18. The number of thiol groups is 1. The summed E-state index contributed by atoms with van der Waals surface area (Å²) in [6, 6.07) is 1.67. The van der Waals surface area contributed by atoms with Gasteiger partial charge in [-0.1, -0.05) is 0 Å². The monoisotopic (exact) mass is 244 g/mol. The summed E-state index contributed by atoms with van der Waals surface area (Å²) in [6.07, 6.45) is 0. The Morgan fingerprint density at radius 1 is 1.53 bits per heavy atom. The lowest BCUT2D eigenvalue weighted by atomic mass is 10.4. The van der Waals surface area contributed by atoms with Crippen LogP contribution < -0.4 is 5.32 Å². The van der Waals surface area contributed by atoms with Crippen molar-refractivity contribution in [2.45, 2.75) is 4.90 Å². The number of hydrogen-bond acceptors (Lipinski definition) is 4. The molecule has 0 aliphatic rings. The standard InChI is InChI=1S/C9H12N2O2S2/c1-11(2)8(12)4-10-9(13)7-3-6(14)5-15-7/h3,5,14H,4H2,1-2H3,(H,10,13). The van der Waals surface area contributed by atoms with E-state index in [4.69, 9.17) is 0 Å². The van der Waals surface area contributed by atoms with E-state index in [1.165, 1.54) is 16.2 Å². The van der Waals surface area contributed by atoms with Gasteiger partial charge in [0, 0.05) is 24.4 Å². The van der Waals surface area contributed by atoms with E-state index in [0.717, 1.165) is 4.90 Å². The summed E-state index contributed by atoms with van der Waals surface area (Å²) >= 11 is 5.40. The topological polar surface area (TPSA) is 49.4 Å². The molecule has 1 heterocycles. The number of rotatable bonds is 3. The molecule has 1 aromatic heterocycles. The van der Waals surface area contributed by atoms with E-state index in [1.807, 2.05) is 0 Å². The lowest BCUT2D eigenvalue weighted by Gasteiger charge is -2.10. The van der Waals surface area contributed by atoms with Gasteiger partial charge in [-0.2, -0.15) is 0 Å². The van der Waals surface area contributed by atoms with Gasteiger partial charge in [0.25, 0.3) is 5.91 Å². The van der Waals surface area contributed by atoms with E-state index in [-0.39, 0.29) is 18.4 Å². The van der Waals surface area contributed by atoms with Crippen molar-refractivity contribution in [3.8, 4) is 0 Å². The average Bonchev–Trinajstić information content (AvgIpc) is 2.60. The van der Waals surface area contributed by atoms with Gasteiger partial charge in [-0.3, -0.25) is 9.59 Å². The SMILES string of the molecule is CN(C)C(=O)CNC(=O)c1cc(S)cs1. The second-order valence-electron chi connectivity index (χ2n) is 3.14. The first-order valence-electron chi connectivity index (χ1n) is 4.26. The number of carbonyl (C=O) groups is 2. The van der Waals surface area contributed by atoms with E-state index in [9.17, 15) is 9.59 Å². The van der Waals surface area contributed by atoms with Crippen molar-refractivity contribution in [1.82, 2.24) is 10.2 Å². The van der Waals surface area contributed by atoms with Crippen LogP contribution in [0.5, 0.6) is 0 Å². The predicted molar refractivity (Wildman–Crippen MR) is 62.6 cm³/mol. The smallest absolute Gasteiger partial charge is 0.261 e. The van der Waals surface area contributed by atoms with Crippen LogP contribution in [0, 0.1) is 0 Å². The number of likely N-dealkylation sites (N-methyl/N-ethyl adjacent to an activating group) is 1. The maximum absolute atomic E-state index is 11.5. The number of amides is 2. The van der Waals surface area contributed by atoms with Gasteiger partial charge in [-0.05, 0) is 6.07 Å². The molecular formula is C9H12N2O2S2. The van der Waals surface area contributed by atoms with Crippen molar-refractivity contribution in [2.75, 3.05) is 20.6 Å². The molecule has 6 heteroatoms. The first-order valence-corrected chi connectivity index (χ1v) is 5.59. The summed E-state index contributed by atoms with van der Waals surface area (Å²) in [6.45, 7) is 0.0195. The van der Waals surface area contributed by atoms with E-state index >= 15 is 0 Å². The molecule has 2 amide bonds. The molecule has 0 aromatic carbocycles. The Morgan fingerprint density at radius 3 is 2.67 bits per heavy atom. The summed E-state index contributed by atoms with van der Waals surface area (Å²) in [5.41, 5.74) is 0. The van der Waals surface area contributed by atoms with Crippen molar-refractivity contribution in [3.63, 3.8) is 0 Å². The minimum Gasteiger partial charge on any atom is -0.347 e. The number of hydrogen-bond donors (Lipinski definition) is 2. The summed E-state index contributed by atoms with van der Waals surface area (Å²) in [5.74, 6) is -0.374. The van der Waals surface area contributed by atoms with Gasteiger partial charge in [0.2, 0.25) is 5.91 Å². The molecule has 0 saturated heterocycles. The lowest BCUT2D eigenvalue weighted by Crippen LogP contribution is -2.35. The summed E-state index contributed by atoms with van der Waals surface area (Å²) in [5, 5.41) is 4.31. The zero-order chi connectivity index (χ0) is 11.4. The summed E-state index contributed by atoms with van der Waals surface area (Å²) < 4.78 is 0. The van der Waals surface area contributed by atoms with E-state index in [2.05, 4.69) is 17.9 Å². The molecule has 0 bridgehead atoms. The molecule has 0 fully saturated rings. The van der Waals surface area contributed by atoms with Crippen LogP contribution in [0.4, 0.5) is 0 Å². The molecule has 0 spiro atoms. The van der Waals surface area contributed by atoms with Crippen LogP contribution in [-0.2, 0) is 4.79 Å². The van der Waals surface area contributed by atoms with Crippen LogP contribution in [0.1, 0.15) is 9.67 Å². The van der Waals surface area contributed by atoms with Crippen molar-refractivity contribution < 1.29 is 9.59 Å². The van der Waals surface area contributed by atoms with Gasteiger partial charge in [0.05, 0.1) is 11.4 Å². The molecule has 1 rings (SSSR count). The summed E-state index contributed by atoms with van der Waals surface area (Å²) in [4.78, 5) is 25.4. The van der Waals surface area contributed by atoms with Crippen molar-refractivity contribution in [3.05, 3.63) is 16.3 Å². The van der Waals surface area contributed by atoms with E-state index < -0.39 is 0 Å². The number of thiophene rings is 1. The van der Waals surface area contributed by atoms with E-state index in [1.54, 1.807) is 25.5 Å². The van der Waals surface area contributed by atoms with E-state index in [0.29, 0.717) is 4.88 Å². The fraction of sp³-hybridized carbons (Fsp3) is 0.333. The van der Waals surface area contributed by atoms with Gasteiger partial charge in [0.15, 0.2) is 0 Å². The van der Waals surface area contributed by atoms with Gasteiger partial charge in [-0.25, -0.2) is 0 Å². The normalized spacial score (nSPS) is 9.80. The van der Waals surface area contributed by atoms with Crippen LogP contribution in [0.2, 0.25) is 0 Å². The zero-order valence-corrected chi connectivity index (χ0v) is 10.2. The highest BCUT2D eigenvalue weighted by molar-refractivity contribution is 7.80. The Balaban J connectivity index is 2.47. The minimum absolute atomic E-state index is 0.0195. The second-order valence-corrected chi connectivity index (χ2v) is 4.57. The molecule has 0 unspecified atom stereocenters. The van der Waals surface area contributed by atoms with Crippen molar-refractivity contribution >= 4 is 35.8 Å². The van der Waals surface area contributed by atoms with Crippen molar-refractivity contribution in [2.24, 2.45) is 0 Å². The summed E-state index contributed by atoms with van der Waals surface area (Å²) in [7, 11) is 3.29. The molecule has 15 heavy (non-hydrogen) atoms. The van der Waals surface area contributed by atoms with Crippen LogP contribution in [0.15, 0.2) is 16.3 Å². The molecule has 1 aromatic rings. The van der Waals surface area contributed by atoms with Gasteiger partial charge in [-0.15, -0.1) is 24.0 Å². The molecular weight excluding hydrogens is 232 g/mol. The zero-order valence-electron chi connectivity index (χ0n) is 8.48. The number of carbonyl (C=O) groups excluding carboxylic acids is 2. The molecule has 0 atom stereocenters. The Hall–Kier alpha value is -1.01. The predicted octanol–water partition coefficient (Wildman–Crippen LogP) is 0.855. The Kier molecular flexibility index (Phi) is 4.16. The van der Waals surface area contributed by atoms with Crippen LogP contribution >= 0.6 is 24.0 Å². The highest BCUT2D eigenvalue weighted by Gasteiger charge is 2.10. The molecule has 82 valence electrons. The fourth-order valence-electron chi connectivity index (χ4n) is 0.846. The highest BCUT2D eigenvalue weighted by atomic mass is 32.1. The fourth-order valence-corrected chi connectivity index (χ4v) is 1.91. The minimum atomic E-state index is -0.240. The highest BCUT2D eigenvalue weighted by Crippen LogP contribution is 2.17. The molecule has 4 nitrogen and oxygen atoms in total. The van der Waals surface area contributed by atoms with Gasteiger partial charge in [0.1, 0.15) is 0 Å². The Labute approximate surface area is 97.7 Å². The Morgan fingerprint density at radius 2 is 2.20 bits per heavy atom. The third kappa shape index (κ3) is 3.56. The lowest BCUT2D eigenvalue weighted by molar-refractivity contribution is -0.127.